The van der Waals surface area contributed by atoms with Crippen LogP contribution in [-0.4, -0.2) is 46.6 Å². The molecule has 5 rings (SSSR count). The molecule has 1 aromatic heterocycles. The molecule has 4 heterocycles. The van der Waals surface area contributed by atoms with E-state index >= 15 is 0 Å². The van der Waals surface area contributed by atoms with Crippen molar-refractivity contribution in [3.63, 3.8) is 0 Å². The van der Waals surface area contributed by atoms with Crippen molar-refractivity contribution in [1.82, 2.24) is 9.88 Å². The van der Waals surface area contributed by atoms with Crippen LogP contribution >= 0.6 is 0 Å². The highest BCUT2D eigenvalue weighted by Crippen LogP contribution is 2.51. The second-order valence-corrected chi connectivity index (χ2v) is 7.09. The molecular formula is C19H17N2O4-. The molecular weight excluding hydrogens is 320 g/mol. The van der Waals surface area contributed by atoms with Crippen molar-refractivity contribution < 1.29 is 19.4 Å². The van der Waals surface area contributed by atoms with Crippen LogP contribution in [0.25, 0.3) is 10.9 Å². The number of rotatable bonds is 4. The Morgan fingerprint density at radius 3 is 3.08 bits per heavy atom. The molecule has 4 atom stereocenters. The van der Waals surface area contributed by atoms with Crippen molar-refractivity contribution in [2.45, 2.75) is 18.1 Å². The van der Waals surface area contributed by atoms with Gasteiger partial charge in [-0.25, -0.2) is 0 Å². The standard InChI is InChI=1S/C19H18N2O4/c22-17-16-15(18(23)24)14-5-7-19(16,25-14)10-21(17)8-6-11-9-20-13-4-2-1-3-12(11)13/h1-5,7,9,14-16,20H,6,8,10H2,(H,23,24)/p-1/t14-,15-,16+,19+/m0/s1. The number of aromatic nitrogens is 1. The molecule has 6 heteroatoms. The number of carbonyl (C=O) groups excluding carboxylic acids is 2. The van der Waals surface area contributed by atoms with E-state index in [0.717, 1.165) is 16.5 Å². The van der Waals surface area contributed by atoms with Gasteiger partial charge < -0.3 is 24.5 Å². The van der Waals surface area contributed by atoms with Crippen molar-refractivity contribution >= 4 is 22.8 Å². The number of hydrogen-bond acceptors (Lipinski definition) is 4. The Bertz CT molecular complexity index is 917. The van der Waals surface area contributed by atoms with E-state index in [9.17, 15) is 14.7 Å². The van der Waals surface area contributed by atoms with Crippen molar-refractivity contribution in [3.8, 4) is 0 Å². The fourth-order valence-corrected chi connectivity index (χ4v) is 4.63. The maximum Gasteiger partial charge on any atom is 0.229 e. The predicted octanol–water partition coefficient (Wildman–Crippen LogP) is 0.242. The largest absolute Gasteiger partial charge is 0.550 e. The van der Waals surface area contributed by atoms with Crippen LogP contribution in [0.2, 0.25) is 0 Å². The molecule has 0 radical (unpaired) electrons. The topological polar surface area (TPSA) is 85.5 Å². The molecule has 0 unspecified atom stereocenters. The number of fused-ring (bicyclic) bond motifs is 2. The van der Waals surface area contributed by atoms with Gasteiger partial charge in [0, 0.05) is 35.5 Å². The van der Waals surface area contributed by atoms with Crippen LogP contribution < -0.4 is 5.11 Å². The third-order valence-electron chi connectivity index (χ3n) is 5.78. The lowest BCUT2D eigenvalue weighted by molar-refractivity contribution is -0.313. The quantitative estimate of drug-likeness (QED) is 0.810. The van der Waals surface area contributed by atoms with Crippen LogP contribution in [0.15, 0.2) is 42.6 Å². The summed E-state index contributed by atoms with van der Waals surface area (Å²) in [5, 5.41) is 12.6. The van der Waals surface area contributed by atoms with Crippen LogP contribution in [0.5, 0.6) is 0 Å². The van der Waals surface area contributed by atoms with Gasteiger partial charge in [0.1, 0.15) is 5.60 Å². The van der Waals surface area contributed by atoms with E-state index in [2.05, 4.69) is 11.1 Å². The van der Waals surface area contributed by atoms with E-state index in [-0.39, 0.29) is 5.91 Å². The fraction of sp³-hybridized carbons (Fsp3) is 0.368. The van der Waals surface area contributed by atoms with Crippen molar-refractivity contribution in [2.24, 2.45) is 11.8 Å². The Balaban J connectivity index is 1.37. The van der Waals surface area contributed by atoms with E-state index < -0.39 is 29.5 Å². The van der Waals surface area contributed by atoms with Crippen molar-refractivity contribution in [3.05, 3.63) is 48.2 Å². The second kappa shape index (κ2) is 4.95. The number of nitrogens with zero attached hydrogens (tertiary/aromatic N) is 1. The lowest BCUT2D eigenvalue weighted by atomic mass is 9.77. The van der Waals surface area contributed by atoms with Gasteiger partial charge in [0.25, 0.3) is 0 Å². The number of carboxylic acid groups (broad SMARTS) is 1. The van der Waals surface area contributed by atoms with Gasteiger partial charge in [-0.3, -0.25) is 4.79 Å². The summed E-state index contributed by atoms with van der Waals surface area (Å²) < 4.78 is 5.87. The van der Waals surface area contributed by atoms with E-state index in [1.54, 1.807) is 11.0 Å². The zero-order chi connectivity index (χ0) is 17.2. The number of aromatic amines is 1. The Labute approximate surface area is 144 Å². The lowest BCUT2D eigenvalue weighted by Gasteiger charge is -2.24. The summed E-state index contributed by atoms with van der Waals surface area (Å²) in [4.78, 5) is 29.3. The molecule has 0 saturated carbocycles. The first-order valence-corrected chi connectivity index (χ1v) is 8.51. The summed E-state index contributed by atoms with van der Waals surface area (Å²) >= 11 is 0. The van der Waals surface area contributed by atoms with Crippen molar-refractivity contribution in [1.29, 1.82) is 0 Å². The Morgan fingerprint density at radius 1 is 1.40 bits per heavy atom. The number of carbonyl (C=O) groups is 2. The minimum Gasteiger partial charge on any atom is -0.550 e. The molecule has 2 bridgehead atoms. The van der Waals surface area contributed by atoms with Crippen LogP contribution in [0, 0.1) is 11.8 Å². The zero-order valence-corrected chi connectivity index (χ0v) is 13.5. The molecule has 1 spiro atoms. The maximum absolute atomic E-state index is 12.8. The van der Waals surface area contributed by atoms with E-state index in [4.69, 9.17) is 4.74 Å². The van der Waals surface area contributed by atoms with E-state index in [0.29, 0.717) is 19.5 Å². The predicted molar refractivity (Wildman–Crippen MR) is 87.3 cm³/mol. The van der Waals surface area contributed by atoms with E-state index in [1.165, 1.54) is 0 Å². The summed E-state index contributed by atoms with van der Waals surface area (Å²) in [7, 11) is 0. The number of amides is 1. The number of ether oxygens (including phenoxy) is 1. The van der Waals surface area contributed by atoms with Crippen LogP contribution in [0.4, 0.5) is 0 Å². The van der Waals surface area contributed by atoms with Gasteiger partial charge in [0.05, 0.1) is 18.6 Å². The maximum atomic E-state index is 12.8. The molecule has 1 N–H and O–H groups in total. The van der Waals surface area contributed by atoms with Crippen LogP contribution in [0.3, 0.4) is 0 Å². The molecule has 1 amide bonds. The average Bonchev–Trinajstić information content (AvgIpc) is 3.33. The number of carboxylic acids is 1. The molecule has 2 aromatic rings. The Morgan fingerprint density at radius 2 is 2.24 bits per heavy atom. The van der Waals surface area contributed by atoms with Gasteiger partial charge >= 0.3 is 0 Å². The molecule has 3 aliphatic rings. The number of likely N-dealkylation sites (tertiary alicyclic amines) is 1. The summed E-state index contributed by atoms with van der Waals surface area (Å²) in [6, 6.07) is 8.05. The summed E-state index contributed by atoms with van der Waals surface area (Å²) in [5.41, 5.74) is 1.44. The Hall–Kier alpha value is -2.60. The van der Waals surface area contributed by atoms with Gasteiger partial charge in [0.15, 0.2) is 0 Å². The molecule has 0 aliphatic carbocycles. The van der Waals surface area contributed by atoms with E-state index in [1.807, 2.05) is 30.5 Å². The molecule has 6 nitrogen and oxygen atoms in total. The zero-order valence-electron chi connectivity index (χ0n) is 13.5. The highest BCUT2D eigenvalue weighted by Gasteiger charge is 2.65. The molecule has 1 aromatic carbocycles. The first kappa shape index (κ1) is 14.7. The smallest absolute Gasteiger partial charge is 0.229 e. The molecule has 2 fully saturated rings. The fourth-order valence-electron chi connectivity index (χ4n) is 4.63. The van der Waals surface area contributed by atoms with Gasteiger partial charge in [-0.2, -0.15) is 0 Å². The summed E-state index contributed by atoms with van der Waals surface area (Å²) in [5.74, 6) is -2.87. The van der Waals surface area contributed by atoms with Gasteiger partial charge in [-0.05, 0) is 18.1 Å². The molecule has 3 aliphatic heterocycles. The average molecular weight is 337 g/mol. The number of nitrogens with one attached hydrogen (secondary N) is 1. The minimum atomic E-state index is -1.20. The lowest BCUT2D eigenvalue weighted by Crippen LogP contribution is -2.45. The van der Waals surface area contributed by atoms with Gasteiger partial charge in [-0.1, -0.05) is 30.4 Å². The molecule has 25 heavy (non-hydrogen) atoms. The minimum absolute atomic E-state index is 0.138. The number of hydrogen-bond donors (Lipinski definition) is 1. The first-order valence-electron chi connectivity index (χ1n) is 8.51. The molecule has 2 saturated heterocycles. The second-order valence-electron chi connectivity index (χ2n) is 7.09. The monoisotopic (exact) mass is 337 g/mol. The first-order chi connectivity index (χ1) is 12.1. The molecule has 128 valence electrons. The third-order valence-corrected chi connectivity index (χ3v) is 5.78. The van der Waals surface area contributed by atoms with Crippen molar-refractivity contribution in [2.75, 3.05) is 13.1 Å². The van der Waals surface area contributed by atoms with Gasteiger partial charge in [-0.15, -0.1) is 0 Å². The van der Waals surface area contributed by atoms with Gasteiger partial charge in [0.2, 0.25) is 5.91 Å². The van der Waals surface area contributed by atoms with Crippen LogP contribution in [-0.2, 0) is 20.7 Å². The number of benzene rings is 1. The highest BCUT2D eigenvalue weighted by molar-refractivity contribution is 5.90. The number of aliphatic carboxylic acids is 1. The number of H-pyrrole nitrogens is 1. The highest BCUT2D eigenvalue weighted by atomic mass is 16.5. The summed E-state index contributed by atoms with van der Waals surface area (Å²) in [6.07, 6.45) is 5.77. The summed E-state index contributed by atoms with van der Waals surface area (Å²) in [6.45, 7) is 0.955. The SMILES string of the molecule is O=C([O-])[C@H]1[C@@H]2C=C[C@]3(CN(CCc4c[nH]c5ccccc45)C(=O)[C@@H]13)O2. The third kappa shape index (κ3) is 1.94. The number of para-hydroxylation sites is 1. The van der Waals surface area contributed by atoms with Crippen LogP contribution in [0.1, 0.15) is 5.56 Å². The normalized spacial score (nSPS) is 32.7. The Kier molecular flexibility index (Phi) is 2.92.